The van der Waals surface area contributed by atoms with E-state index in [2.05, 4.69) is 11.4 Å². The predicted octanol–water partition coefficient (Wildman–Crippen LogP) is 1.40. The van der Waals surface area contributed by atoms with E-state index in [1.54, 1.807) is 6.92 Å². The Morgan fingerprint density at radius 2 is 2.10 bits per heavy atom. The first-order valence-electron chi connectivity index (χ1n) is 9.34. The Bertz CT molecular complexity index is 857. The van der Waals surface area contributed by atoms with Gasteiger partial charge >= 0.3 is 5.97 Å². The standard InChI is InChI=1S/C19H22N4O6/c1-19(12-20,14-3-4-14)21-17(24)11-29-18(25)13-2-5-15(16(10-13)23(26)27)22-6-8-28-9-7-22/h2,5,10,14H,3-4,6-9,11H2,1H3,(H,21,24)/t19-/m0/s1. The van der Waals surface area contributed by atoms with Gasteiger partial charge in [0.1, 0.15) is 11.2 Å². The van der Waals surface area contributed by atoms with Crippen LogP contribution in [0.5, 0.6) is 0 Å². The highest BCUT2D eigenvalue weighted by Gasteiger charge is 2.43. The number of anilines is 1. The third kappa shape index (κ3) is 4.81. The maximum atomic E-state index is 12.3. The summed E-state index contributed by atoms with van der Waals surface area (Å²) in [6.07, 6.45) is 1.73. The molecule has 1 heterocycles. The Hall–Kier alpha value is -3.19. The van der Waals surface area contributed by atoms with Crippen LogP contribution in [0.4, 0.5) is 11.4 Å². The number of hydrogen-bond donors (Lipinski definition) is 1. The van der Waals surface area contributed by atoms with E-state index in [0.29, 0.717) is 32.0 Å². The van der Waals surface area contributed by atoms with Crippen molar-refractivity contribution in [3.63, 3.8) is 0 Å². The number of hydrogen-bond acceptors (Lipinski definition) is 8. The SMILES string of the molecule is C[C@@](C#N)(NC(=O)COC(=O)c1ccc(N2CCOCC2)c([N+](=O)[O-])c1)C1CC1. The molecule has 0 radical (unpaired) electrons. The number of ether oxygens (including phenoxy) is 2. The van der Waals surface area contributed by atoms with Gasteiger partial charge in [-0.25, -0.2) is 4.79 Å². The van der Waals surface area contributed by atoms with Crippen LogP contribution in [0.2, 0.25) is 0 Å². The lowest BCUT2D eigenvalue weighted by Crippen LogP contribution is -2.48. The van der Waals surface area contributed by atoms with E-state index < -0.39 is 28.9 Å². The predicted molar refractivity (Wildman–Crippen MR) is 101 cm³/mol. The first-order chi connectivity index (χ1) is 13.8. The van der Waals surface area contributed by atoms with Gasteiger partial charge in [-0.2, -0.15) is 5.26 Å². The zero-order valence-electron chi connectivity index (χ0n) is 16.1. The summed E-state index contributed by atoms with van der Waals surface area (Å²) in [4.78, 5) is 37.1. The van der Waals surface area contributed by atoms with E-state index in [0.717, 1.165) is 18.9 Å². The summed E-state index contributed by atoms with van der Waals surface area (Å²) < 4.78 is 10.2. The third-order valence-electron chi connectivity index (χ3n) is 5.12. The molecule has 1 saturated carbocycles. The lowest BCUT2D eigenvalue weighted by Gasteiger charge is -2.28. The Morgan fingerprint density at radius 3 is 2.69 bits per heavy atom. The summed E-state index contributed by atoms with van der Waals surface area (Å²) in [7, 11) is 0. The van der Waals surface area contributed by atoms with Crippen LogP contribution in [0, 0.1) is 27.4 Å². The van der Waals surface area contributed by atoms with Crippen LogP contribution in [0.1, 0.15) is 30.1 Å². The number of carbonyl (C=O) groups excluding carboxylic acids is 2. The van der Waals surface area contributed by atoms with Crippen molar-refractivity contribution in [2.45, 2.75) is 25.3 Å². The molecule has 154 valence electrons. The van der Waals surface area contributed by atoms with Crippen molar-refractivity contribution in [2.75, 3.05) is 37.8 Å². The molecule has 1 aromatic rings. The Morgan fingerprint density at radius 1 is 1.41 bits per heavy atom. The number of nitrogens with one attached hydrogen (secondary N) is 1. The van der Waals surface area contributed by atoms with Crippen molar-refractivity contribution in [1.82, 2.24) is 5.32 Å². The minimum atomic E-state index is -0.984. The zero-order chi connectivity index (χ0) is 21.0. The number of nitrogens with zero attached hydrogens (tertiary/aromatic N) is 3. The Labute approximate surface area is 167 Å². The molecule has 2 fully saturated rings. The van der Waals surface area contributed by atoms with Gasteiger partial charge in [-0.05, 0) is 37.8 Å². The highest BCUT2D eigenvalue weighted by atomic mass is 16.6. The van der Waals surface area contributed by atoms with Crippen LogP contribution in [-0.4, -0.2) is 55.2 Å². The second-order valence-electron chi connectivity index (χ2n) is 7.27. The smallest absolute Gasteiger partial charge is 0.338 e. The summed E-state index contributed by atoms with van der Waals surface area (Å²) in [6.45, 7) is 3.05. The topological polar surface area (TPSA) is 135 Å². The van der Waals surface area contributed by atoms with Crippen molar-refractivity contribution >= 4 is 23.3 Å². The molecule has 1 saturated heterocycles. The monoisotopic (exact) mass is 402 g/mol. The maximum absolute atomic E-state index is 12.3. The minimum Gasteiger partial charge on any atom is -0.452 e. The molecule has 10 heteroatoms. The van der Waals surface area contributed by atoms with E-state index >= 15 is 0 Å². The third-order valence-corrected chi connectivity index (χ3v) is 5.12. The first-order valence-corrected chi connectivity index (χ1v) is 9.34. The molecule has 2 aliphatic rings. The van der Waals surface area contributed by atoms with Gasteiger partial charge in [0.2, 0.25) is 0 Å². The second-order valence-corrected chi connectivity index (χ2v) is 7.27. The molecule has 1 atom stereocenters. The Kier molecular flexibility index (Phi) is 5.98. The highest BCUT2D eigenvalue weighted by Crippen LogP contribution is 2.39. The first kappa shape index (κ1) is 20.5. The number of nitriles is 1. The van der Waals surface area contributed by atoms with E-state index in [1.165, 1.54) is 12.1 Å². The average molecular weight is 402 g/mol. The van der Waals surface area contributed by atoms with Crippen LogP contribution in [-0.2, 0) is 14.3 Å². The zero-order valence-corrected chi connectivity index (χ0v) is 16.1. The lowest BCUT2D eigenvalue weighted by molar-refractivity contribution is -0.384. The van der Waals surface area contributed by atoms with Crippen LogP contribution in [0.3, 0.4) is 0 Å². The fourth-order valence-corrected chi connectivity index (χ4v) is 3.29. The summed E-state index contributed by atoms with van der Waals surface area (Å²) in [5.41, 5.74) is -0.813. The van der Waals surface area contributed by atoms with Crippen LogP contribution in [0.25, 0.3) is 0 Å². The molecule has 0 unspecified atom stereocenters. The Balaban J connectivity index is 1.64. The number of nitro groups is 1. The van der Waals surface area contributed by atoms with Gasteiger partial charge in [0, 0.05) is 19.2 Å². The van der Waals surface area contributed by atoms with Crippen molar-refractivity contribution in [2.24, 2.45) is 5.92 Å². The second kappa shape index (κ2) is 8.45. The molecule has 1 aromatic carbocycles. The van der Waals surface area contributed by atoms with Crippen LogP contribution in [0.15, 0.2) is 18.2 Å². The lowest BCUT2D eigenvalue weighted by atomic mass is 9.98. The molecule has 1 aliphatic carbocycles. The van der Waals surface area contributed by atoms with E-state index in [9.17, 15) is 25.0 Å². The fourth-order valence-electron chi connectivity index (χ4n) is 3.29. The van der Waals surface area contributed by atoms with Gasteiger partial charge in [-0.1, -0.05) is 0 Å². The summed E-state index contributed by atoms with van der Waals surface area (Å²) >= 11 is 0. The van der Waals surface area contributed by atoms with Crippen LogP contribution >= 0.6 is 0 Å². The van der Waals surface area contributed by atoms with Crippen molar-refractivity contribution in [3.05, 3.63) is 33.9 Å². The van der Waals surface area contributed by atoms with Gasteiger partial charge in [-0.3, -0.25) is 14.9 Å². The van der Waals surface area contributed by atoms with Gasteiger partial charge in [0.25, 0.3) is 11.6 Å². The summed E-state index contributed by atoms with van der Waals surface area (Å²) in [6, 6.07) is 6.17. The molecule has 1 N–H and O–H groups in total. The maximum Gasteiger partial charge on any atom is 0.338 e. The molecule has 1 amide bonds. The van der Waals surface area contributed by atoms with Gasteiger partial charge < -0.3 is 19.7 Å². The normalized spacial score (nSPS) is 18.3. The molecule has 0 spiro atoms. The van der Waals surface area contributed by atoms with Crippen LogP contribution < -0.4 is 10.2 Å². The molecule has 3 rings (SSSR count). The highest BCUT2D eigenvalue weighted by molar-refractivity contribution is 5.93. The molecular formula is C19H22N4O6. The molecule has 29 heavy (non-hydrogen) atoms. The molecule has 0 bridgehead atoms. The number of nitro benzene ring substituents is 1. The van der Waals surface area contributed by atoms with Gasteiger partial charge in [0.15, 0.2) is 6.61 Å². The number of esters is 1. The summed E-state index contributed by atoms with van der Waals surface area (Å²) in [5.74, 6) is -1.34. The number of rotatable bonds is 7. The largest absolute Gasteiger partial charge is 0.452 e. The molecule has 1 aliphatic heterocycles. The molecular weight excluding hydrogens is 380 g/mol. The number of benzene rings is 1. The number of morpholine rings is 1. The van der Waals surface area contributed by atoms with Gasteiger partial charge in [0.05, 0.1) is 29.8 Å². The van der Waals surface area contributed by atoms with E-state index in [4.69, 9.17) is 9.47 Å². The molecule has 10 nitrogen and oxygen atoms in total. The summed E-state index contributed by atoms with van der Waals surface area (Å²) in [5, 5.41) is 23.3. The van der Waals surface area contributed by atoms with E-state index in [1.807, 2.05) is 4.90 Å². The number of carbonyl (C=O) groups is 2. The van der Waals surface area contributed by atoms with Crippen molar-refractivity contribution in [3.8, 4) is 6.07 Å². The van der Waals surface area contributed by atoms with Gasteiger partial charge in [-0.15, -0.1) is 0 Å². The van der Waals surface area contributed by atoms with Crippen molar-refractivity contribution in [1.29, 1.82) is 5.26 Å². The minimum absolute atomic E-state index is 0.0215. The quantitative estimate of drug-likeness (QED) is 0.411. The number of amides is 1. The molecule has 0 aromatic heterocycles. The average Bonchev–Trinajstić information content (AvgIpc) is 3.58. The fraction of sp³-hybridized carbons (Fsp3) is 0.526. The van der Waals surface area contributed by atoms with Crippen molar-refractivity contribution < 1.29 is 24.0 Å². The van der Waals surface area contributed by atoms with E-state index in [-0.39, 0.29) is 17.2 Å².